The lowest BCUT2D eigenvalue weighted by atomic mass is 10.2. The van der Waals surface area contributed by atoms with Crippen molar-refractivity contribution in [1.82, 2.24) is 10.6 Å². The second kappa shape index (κ2) is 15.3. The second-order valence-corrected chi connectivity index (χ2v) is 4.96. The van der Waals surface area contributed by atoms with Gasteiger partial charge in [0.25, 0.3) is 0 Å². The number of halogens is 1. The molecule has 1 aromatic carbocycles. The minimum Gasteiger partial charge on any atom is -0.489 e. The Kier molecular flexibility index (Phi) is 14.4. The summed E-state index contributed by atoms with van der Waals surface area (Å²) in [7, 11) is 1.77. The molecule has 0 aliphatic heterocycles. The molecular weight excluding hydrogens is 417 g/mol. The van der Waals surface area contributed by atoms with E-state index in [0.29, 0.717) is 13.2 Å². The first kappa shape index (κ1) is 22.7. The van der Waals surface area contributed by atoms with Crippen molar-refractivity contribution in [2.24, 2.45) is 4.99 Å². The molecule has 0 saturated heterocycles. The highest BCUT2D eigenvalue weighted by Gasteiger charge is 2.04. The van der Waals surface area contributed by atoms with Gasteiger partial charge in [-0.15, -0.1) is 24.0 Å². The van der Waals surface area contributed by atoms with Crippen molar-refractivity contribution in [3.8, 4) is 5.75 Å². The van der Waals surface area contributed by atoms with Crippen molar-refractivity contribution >= 4 is 29.9 Å². The molecule has 0 atom stereocenters. The number of unbranched alkanes of at least 4 members (excludes halogenated alkanes) is 1. The van der Waals surface area contributed by atoms with E-state index >= 15 is 0 Å². The van der Waals surface area contributed by atoms with Crippen molar-refractivity contribution in [3.05, 3.63) is 42.5 Å². The van der Waals surface area contributed by atoms with E-state index in [1.807, 2.05) is 31.2 Å². The number of hydrogen-bond acceptors (Lipinski definition) is 3. The summed E-state index contributed by atoms with van der Waals surface area (Å²) in [5.74, 6) is 1.66. The highest BCUT2D eigenvalue weighted by molar-refractivity contribution is 14.0. The van der Waals surface area contributed by atoms with Gasteiger partial charge < -0.3 is 20.1 Å². The number of aliphatic imine (C=N–C) groups is 1. The van der Waals surface area contributed by atoms with Crippen LogP contribution in [0.15, 0.2) is 41.9 Å². The summed E-state index contributed by atoms with van der Waals surface area (Å²) in [6.45, 7) is 9.33. The fraction of sp³-hybridized carbons (Fsp3) is 0.500. The van der Waals surface area contributed by atoms with E-state index in [0.717, 1.165) is 49.9 Å². The van der Waals surface area contributed by atoms with Crippen molar-refractivity contribution in [1.29, 1.82) is 0 Å². The Bertz CT molecular complexity index is 481. The molecule has 136 valence electrons. The third-order valence-electron chi connectivity index (χ3n) is 3.21. The van der Waals surface area contributed by atoms with Crippen LogP contribution in [0.3, 0.4) is 0 Å². The molecule has 0 radical (unpaired) electrons. The van der Waals surface area contributed by atoms with Gasteiger partial charge in [-0.1, -0.05) is 30.9 Å². The van der Waals surface area contributed by atoms with Crippen LogP contribution >= 0.6 is 24.0 Å². The molecule has 6 heteroatoms. The van der Waals surface area contributed by atoms with Gasteiger partial charge in [0.1, 0.15) is 12.4 Å². The molecule has 1 aromatic rings. The zero-order chi connectivity index (χ0) is 16.8. The molecule has 2 N–H and O–H groups in total. The third kappa shape index (κ3) is 9.77. The fourth-order valence-corrected chi connectivity index (χ4v) is 2.02. The Hall–Kier alpha value is -1.28. The van der Waals surface area contributed by atoms with E-state index in [1.165, 1.54) is 0 Å². The Morgan fingerprint density at radius 3 is 2.75 bits per heavy atom. The summed E-state index contributed by atoms with van der Waals surface area (Å²) < 4.78 is 11.0. The van der Waals surface area contributed by atoms with Gasteiger partial charge in [-0.05, 0) is 25.8 Å². The second-order valence-electron chi connectivity index (χ2n) is 4.96. The zero-order valence-corrected chi connectivity index (χ0v) is 17.0. The topological polar surface area (TPSA) is 54.9 Å². The van der Waals surface area contributed by atoms with Gasteiger partial charge in [0.05, 0.1) is 0 Å². The first-order valence-corrected chi connectivity index (χ1v) is 8.15. The summed E-state index contributed by atoms with van der Waals surface area (Å²) in [5.41, 5.74) is 1.09. The van der Waals surface area contributed by atoms with Gasteiger partial charge in [-0.2, -0.15) is 0 Å². The molecule has 0 unspecified atom stereocenters. The molecule has 0 fully saturated rings. The number of benzene rings is 1. The van der Waals surface area contributed by atoms with Crippen LogP contribution in [-0.4, -0.2) is 39.4 Å². The van der Waals surface area contributed by atoms with Crippen LogP contribution in [0.1, 0.15) is 25.3 Å². The summed E-state index contributed by atoms with van der Waals surface area (Å²) >= 11 is 0. The predicted molar refractivity (Wildman–Crippen MR) is 111 cm³/mol. The van der Waals surface area contributed by atoms with Crippen LogP contribution in [-0.2, 0) is 11.3 Å². The Balaban J connectivity index is 0.00000529. The summed E-state index contributed by atoms with van der Waals surface area (Å²) in [6, 6.07) is 7.97. The van der Waals surface area contributed by atoms with Crippen molar-refractivity contribution in [2.45, 2.75) is 26.3 Å². The monoisotopic (exact) mass is 447 g/mol. The van der Waals surface area contributed by atoms with E-state index in [2.05, 4.69) is 22.2 Å². The minimum absolute atomic E-state index is 0. The molecule has 0 aromatic heterocycles. The lowest BCUT2D eigenvalue weighted by molar-refractivity contribution is 0.143. The Labute approximate surface area is 162 Å². The number of guanidine groups is 1. The molecule has 0 heterocycles. The predicted octanol–water partition coefficient (Wildman–Crippen LogP) is 3.35. The van der Waals surface area contributed by atoms with E-state index in [1.54, 1.807) is 13.1 Å². The first-order valence-electron chi connectivity index (χ1n) is 8.15. The van der Waals surface area contributed by atoms with Gasteiger partial charge in [0.15, 0.2) is 5.96 Å². The average Bonchev–Trinajstić information content (AvgIpc) is 2.59. The lowest BCUT2D eigenvalue weighted by Gasteiger charge is -2.14. The Morgan fingerprint density at radius 1 is 1.25 bits per heavy atom. The number of nitrogens with zero attached hydrogens (tertiary/aromatic N) is 1. The molecule has 0 amide bonds. The zero-order valence-electron chi connectivity index (χ0n) is 14.7. The van der Waals surface area contributed by atoms with Crippen LogP contribution in [0.2, 0.25) is 0 Å². The van der Waals surface area contributed by atoms with E-state index in [9.17, 15) is 0 Å². The number of para-hydroxylation sites is 1. The van der Waals surface area contributed by atoms with E-state index < -0.39 is 0 Å². The molecule has 0 aliphatic carbocycles. The molecule has 1 rings (SSSR count). The van der Waals surface area contributed by atoms with Crippen LogP contribution < -0.4 is 15.4 Å². The number of rotatable bonds is 11. The van der Waals surface area contributed by atoms with Crippen LogP contribution in [0.5, 0.6) is 5.75 Å². The van der Waals surface area contributed by atoms with Crippen molar-refractivity contribution < 1.29 is 9.47 Å². The maximum absolute atomic E-state index is 5.66. The van der Waals surface area contributed by atoms with Crippen molar-refractivity contribution in [3.63, 3.8) is 0 Å². The maximum atomic E-state index is 5.66. The van der Waals surface area contributed by atoms with Gasteiger partial charge in [0, 0.05) is 38.9 Å². The molecule has 0 spiro atoms. The summed E-state index contributed by atoms with van der Waals surface area (Å²) in [4.78, 5) is 4.24. The minimum atomic E-state index is 0. The van der Waals surface area contributed by atoms with Crippen LogP contribution in [0, 0.1) is 0 Å². The largest absolute Gasteiger partial charge is 0.489 e. The van der Waals surface area contributed by atoms with Gasteiger partial charge in [-0.25, -0.2) is 0 Å². The molecule has 0 bridgehead atoms. The summed E-state index contributed by atoms with van der Waals surface area (Å²) in [5, 5.41) is 6.61. The molecule has 0 aliphatic rings. The number of nitrogens with one attached hydrogen (secondary N) is 2. The molecule has 5 nitrogen and oxygen atoms in total. The standard InChI is InChI=1S/C18H29N3O2.HI/c1-4-13-23-17-11-7-6-10-16(17)15-21-18(19-3)20-12-8-9-14-22-5-2;/h4,6-7,10-11H,1,5,8-9,12-15H2,2-3H3,(H2,19,20,21);1H. The molecule has 24 heavy (non-hydrogen) atoms. The van der Waals surface area contributed by atoms with Gasteiger partial charge in [0.2, 0.25) is 0 Å². The maximum Gasteiger partial charge on any atom is 0.191 e. The van der Waals surface area contributed by atoms with E-state index in [-0.39, 0.29) is 24.0 Å². The van der Waals surface area contributed by atoms with Gasteiger partial charge in [-0.3, -0.25) is 4.99 Å². The number of ether oxygens (including phenoxy) is 2. The quantitative estimate of drug-likeness (QED) is 0.180. The lowest BCUT2D eigenvalue weighted by Crippen LogP contribution is -2.37. The van der Waals surface area contributed by atoms with E-state index in [4.69, 9.17) is 9.47 Å². The highest BCUT2D eigenvalue weighted by atomic mass is 127. The first-order chi connectivity index (χ1) is 11.3. The van der Waals surface area contributed by atoms with Crippen LogP contribution in [0.25, 0.3) is 0 Å². The SMILES string of the molecule is C=CCOc1ccccc1CNC(=NC)NCCCCOCC.I. The Morgan fingerprint density at radius 2 is 2.04 bits per heavy atom. The molecule has 0 saturated carbocycles. The normalized spacial score (nSPS) is 10.7. The third-order valence-corrected chi connectivity index (χ3v) is 3.21. The average molecular weight is 447 g/mol. The van der Waals surface area contributed by atoms with Gasteiger partial charge >= 0.3 is 0 Å². The highest BCUT2D eigenvalue weighted by Crippen LogP contribution is 2.17. The van der Waals surface area contributed by atoms with Crippen LogP contribution in [0.4, 0.5) is 0 Å². The summed E-state index contributed by atoms with van der Waals surface area (Å²) in [6.07, 6.45) is 3.85. The van der Waals surface area contributed by atoms with Crippen molar-refractivity contribution in [2.75, 3.05) is 33.4 Å². The fourth-order valence-electron chi connectivity index (χ4n) is 2.02. The molecular formula is C18H30IN3O2. The number of hydrogen-bond donors (Lipinski definition) is 2. The smallest absolute Gasteiger partial charge is 0.191 e.